The predicted molar refractivity (Wildman–Crippen MR) is 123 cm³/mol. The van der Waals surface area contributed by atoms with Crippen molar-refractivity contribution in [2.45, 2.75) is 19.9 Å². The van der Waals surface area contributed by atoms with E-state index in [1.807, 2.05) is 5.38 Å². The van der Waals surface area contributed by atoms with E-state index in [2.05, 4.69) is 25.8 Å². The number of carbonyl (C=O) groups is 3. The Morgan fingerprint density at radius 2 is 1.94 bits per heavy atom. The Labute approximate surface area is 187 Å². The highest BCUT2D eigenvalue weighted by Gasteiger charge is 2.23. The Bertz CT molecular complexity index is 1110. The summed E-state index contributed by atoms with van der Waals surface area (Å²) in [6.45, 7) is 3.02. The minimum atomic E-state index is -0.164. The number of hydrogen-bond donors (Lipinski definition) is 3. The standard InChI is InChI=1S/C21H21N5O3S2/c1-13(27)22-15-3-2-4-16(9-15)23-19(28)11-26-7-5-17-18(10-26)31-21(24-17)25-20(29)14-6-8-30-12-14/h2-4,6,8-9,12H,5,7,10-11H2,1H3,(H,22,27)(H,23,28)(H,24,25,29). The second kappa shape index (κ2) is 9.38. The van der Waals surface area contributed by atoms with Crippen LogP contribution in [0.2, 0.25) is 0 Å². The van der Waals surface area contributed by atoms with Gasteiger partial charge in [0.05, 0.1) is 17.8 Å². The summed E-state index contributed by atoms with van der Waals surface area (Å²) in [6.07, 6.45) is 0.728. The molecule has 10 heteroatoms. The first kappa shape index (κ1) is 21.2. The molecule has 0 unspecified atom stereocenters. The summed E-state index contributed by atoms with van der Waals surface area (Å²) >= 11 is 2.92. The first-order valence-electron chi connectivity index (χ1n) is 9.68. The van der Waals surface area contributed by atoms with Crippen LogP contribution in [-0.4, -0.2) is 40.7 Å². The van der Waals surface area contributed by atoms with E-state index < -0.39 is 0 Å². The van der Waals surface area contributed by atoms with Crippen molar-refractivity contribution in [3.05, 3.63) is 57.2 Å². The highest BCUT2D eigenvalue weighted by molar-refractivity contribution is 7.16. The molecule has 0 saturated carbocycles. The average Bonchev–Trinajstić information content (AvgIpc) is 3.36. The van der Waals surface area contributed by atoms with Gasteiger partial charge in [0, 0.05) is 48.1 Å². The molecular weight excluding hydrogens is 434 g/mol. The molecule has 0 spiro atoms. The van der Waals surface area contributed by atoms with Gasteiger partial charge >= 0.3 is 0 Å². The van der Waals surface area contributed by atoms with E-state index in [9.17, 15) is 14.4 Å². The molecular formula is C21H21N5O3S2. The quantitative estimate of drug-likeness (QED) is 0.529. The summed E-state index contributed by atoms with van der Waals surface area (Å²) in [6, 6.07) is 8.82. The van der Waals surface area contributed by atoms with Gasteiger partial charge in [0.15, 0.2) is 5.13 Å². The number of hydrogen-bond acceptors (Lipinski definition) is 7. The van der Waals surface area contributed by atoms with Crippen LogP contribution in [0.5, 0.6) is 0 Å². The third-order valence-corrected chi connectivity index (χ3v) is 6.33. The van der Waals surface area contributed by atoms with Crippen molar-refractivity contribution in [2.75, 3.05) is 29.0 Å². The van der Waals surface area contributed by atoms with Crippen LogP contribution >= 0.6 is 22.7 Å². The van der Waals surface area contributed by atoms with Crippen molar-refractivity contribution in [1.82, 2.24) is 9.88 Å². The minimum absolute atomic E-state index is 0.126. The molecule has 1 aliphatic rings. The second-order valence-corrected chi connectivity index (χ2v) is 8.99. The van der Waals surface area contributed by atoms with E-state index in [0.717, 1.165) is 17.0 Å². The number of rotatable bonds is 6. The fourth-order valence-corrected chi connectivity index (χ4v) is 4.96. The third-order valence-electron chi connectivity index (χ3n) is 4.65. The van der Waals surface area contributed by atoms with Gasteiger partial charge in [0.2, 0.25) is 11.8 Å². The van der Waals surface area contributed by atoms with E-state index in [1.54, 1.807) is 35.7 Å². The maximum atomic E-state index is 12.5. The third kappa shape index (κ3) is 5.54. The van der Waals surface area contributed by atoms with E-state index in [-0.39, 0.29) is 24.3 Å². The topological polar surface area (TPSA) is 103 Å². The van der Waals surface area contributed by atoms with Crippen molar-refractivity contribution in [3.8, 4) is 0 Å². The fraction of sp³-hybridized carbons (Fsp3) is 0.238. The minimum Gasteiger partial charge on any atom is -0.326 e. The average molecular weight is 456 g/mol. The molecule has 0 atom stereocenters. The molecule has 31 heavy (non-hydrogen) atoms. The number of fused-ring (bicyclic) bond motifs is 1. The van der Waals surface area contributed by atoms with Gasteiger partial charge in [-0.15, -0.1) is 11.3 Å². The highest BCUT2D eigenvalue weighted by atomic mass is 32.1. The number of nitrogens with one attached hydrogen (secondary N) is 3. The first-order valence-corrected chi connectivity index (χ1v) is 11.4. The number of amides is 3. The summed E-state index contributed by atoms with van der Waals surface area (Å²) in [5.41, 5.74) is 2.86. The molecule has 1 aliphatic heterocycles. The molecule has 0 saturated heterocycles. The van der Waals surface area contributed by atoms with Crippen molar-refractivity contribution in [3.63, 3.8) is 0 Å². The maximum absolute atomic E-state index is 12.5. The molecule has 8 nitrogen and oxygen atoms in total. The predicted octanol–water partition coefficient (Wildman–Crippen LogP) is 3.41. The van der Waals surface area contributed by atoms with Crippen LogP contribution in [0, 0.1) is 0 Å². The lowest BCUT2D eigenvalue weighted by atomic mass is 10.2. The zero-order valence-electron chi connectivity index (χ0n) is 16.8. The maximum Gasteiger partial charge on any atom is 0.258 e. The summed E-state index contributed by atoms with van der Waals surface area (Å²) in [4.78, 5) is 43.6. The molecule has 4 rings (SSSR count). The number of thiazole rings is 1. The first-order chi connectivity index (χ1) is 15.0. The molecule has 2 aromatic heterocycles. The molecule has 1 aromatic carbocycles. The molecule has 3 aromatic rings. The molecule has 3 amide bonds. The number of nitrogens with zero attached hydrogens (tertiary/aromatic N) is 2. The van der Waals surface area contributed by atoms with Crippen molar-refractivity contribution in [1.29, 1.82) is 0 Å². The highest BCUT2D eigenvalue weighted by Crippen LogP contribution is 2.28. The van der Waals surface area contributed by atoms with Crippen LogP contribution in [-0.2, 0) is 22.6 Å². The number of anilines is 3. The molecule has 0 aliphatic carbocycles. The van der Waals surface area contributed by atoms with Gasteiger partial charge in [-0.05, 0) is 29.6 Å². The lowest BCUT2D eigenvalue weighted by Gasteiger charge is -2.25. The van der Waals surface area contributed by atoms with E-state index in [4.69, 9.17) is 0 Å². The van der Waals surface area contributed by atoms with Gasteiger partial charge in [-0.3, -0.25) is 24.6 Å². The van der Waals surface area contributed by atoms with Crippen molar-refractivity contribution >= 4 is 56.9 Å². The number of thiophene rings is 1. The summed E-state index contributed by atoms with van der Waals surface area (Å²) in [5, 5.41) is 12.7. The number of carbonyl (C=O) groups excluding carboxylic acids is 3. The van der Waals surface area contributed by atoms with Crippen LogP contribution in [0.1, 0.15) is 27.9 Å². The largest absolute Gasteiger partial charge is 0.326 e. The summed E-state index contributed by atoms with van der Waals surface area (Å²) in [7, 11) is 0. The summed E-state index contributed by atoms with van der Waals surface area (Å²) < 4.78 is 0. The lowest BCUT2D eigenvalue weighted by Crippen LogP contribution is -2.36. The van der Waals surface area contributed by atoms with Crippen LogP contribution < -0.4 is 16.0 Å². The Balaban J connectivity index is 1.33. The van der Waals surface area contributed by atoms with Crippen LogP contribution in [0.25, 0.3) is 0 Å². The van der Waals surface area contributed by atoms with Gasteiger partial charge in [0.1, 0.15) is 0 Å². The van der Waals surface area contributed by atoms with Crippen LogP contribution in [0.3, 0.4) is 0 Å². The SMILES string of the molecule is CC(=O)Nc1cccc(NC(=O)CN2CCc3nc(NC(=O)c4ccsc4)sc3C2)c1. The Morgan fingerprint density at radius 3 is 2.68 bits per heavy atom. The van der Waals surface area contributed by atoms with Crippen LogP contribution in [0.15, 0.2) is 41.1 Å². The molecule has 160 valence electrons. The molecule has 0 fully saturated rings. The summed E-state index contributed by atoms with van der Waals surface area (Å²) in [5.74, 6) is -0.452. The number of benzene rings is 1. The second-order valence-electron chi connectivity index (χ2n) is 7.13. The molecule has 3 N–H and O–H groups in total. The van der Waals surface area contributed by atoms with Gasteiger partial charge in [-0.25, -0.2) is 4.98 Å². The molecule has 0 radical (unpaired) electrons. The van der Waals surface area contributed by atoms with E-state index in [1.165, 1.54) is 29.6 Å². The zero-order valence-corrected chi connectivity index (χ0v) is 18.4. The molecule has 0 bridgehead atoms. The van der Waals surface area contributed by atoms with Crippen LogP contribution in [0.4, 0.5) is 16.5 Å². The van der Waals surface area contributed by atoms with Gasteiger partial charge in [-0.2, -0.15) is 11.3 Å². The van der Waals surface area contributed by atoms with Gasteiger partial charge in [-0.1, -0.05) is 6.07 Å². The van der Waals surface area contributed by atoms with E-state index >= 15 is 0 Å². The smallest absolute Gasteiger partial charge is 0.258 e. The Morgan fingerprint density at radius 1 is 1.13 bits per heavy atom. The molecule has 3 heterocycles. The number of aromatic nitrogens is 1. The normalized spacial score (nSPS) is 13.3. The zero-order chi connectivity index (χ0) is 21.8. The van der Waals surface area contributed by atoms with E-state index in [0.29, 0.717) is 35.2 Å². The van der Waals surface area contributed by atoms with Crippen molar-refractivity contribution in [2.24, 2.45) is 0 Å². The Hall–Kier alpha value is -3.08. The lowest BCUT2D eigenvalue weighted by molar-refractivity contribution is -0.117. The Kier molecular flexibility index (Phi) is 6.40. The fourth-order valence-electron chi connectivity index (χ4n) is 3.28. The van der Waals surface area contributed by atoms with Gasteiger partial charge < -0.3 is 10.6 Å². The van der Waals surface area contributed by atoms with Gasteiger partial charge in [0.25, 0.3) is 5.91 Å². The monoisotopic (exact) mass is 455 g/mol. The van der Waals surface area contributed by atoms with Crippen molar-refractivity contribution < 1.29 is 14.4 Å².